The molecule has 32 heavy (non-hydrogen) atoms. The Hall–Kier alpha value is -2.69. The molecule has 0 unspecified atom stereocenters. The van der Waals surface area contributed by atoms with E-state index in [1.807, 2.05) is 0 Å². The van der Waals surface area contributed by atoms with Crippen LogP contribution in [0.3, 0.4) is 0 Å². The predicted octanol–water partition coefficient (Wildman–Crippen LogP) is 6.14. The second-order valence-corrected chi connectivity index (χ2v) is 8.96. The fourth-order valence-electron chi connectivity index (χ4n) is 2.58. The zero-order chi connectivity index (χ0) is 23.3. The quantitative estimate of drug-likeness (QED) is 0.177. The number of phenols is 1. The van der Waals surface area contributed by atoms with Gasteiger partial charge in [0.15, 0.2) is 11.5 Å². The maximum atomic E-state index is 12.8. The summed E-state index contributed by atoms with van der Waals surface area (Å²) in [7, 11) is 0. The summed E-state index contributed by atoms with van der Waals surface area (Å²) in [6, 6.07) is 14.6. The summed E-state index contributed by atoms with van der Waals surface area (Å²) in [5.41, 5.74) is 1.16. The van der Waals surface area contributed by atoms with E-state index >= 15 is 0 Å². The molecule has 0 saturated carbocycles. The van der Waals surface area contributed by atoms with Crippen LogP contribution in [0, 0.1) is 0 Å². The summed E-state index contributed by atoms with van der Waals surface area (Å²) in [4.78, 5) is 27.9. The van der Waals surface area contributed by atoms with Crippen molar-refractivity contribution in [1.29, 1.82) is 0 Å². The fourth-order valence-corrected chi connectivity index (χ4v) is 4.23. The number of oxime groups is 1. The fraction of sp³-hybridized carbons (Fsp3) is 0.0455. The zero-order valence-corrected chi connectivity index (χ0v) is 20.8. The Bertz CT molecular complexity index is 1170. The van der Waals surface area contributed by atoms with Gasteiger partial charge < -0.3 is 19.8 Å². The molecular formula is C22H14Br3NO6. The molecule has 10 heteroatoms. The third-order valence-electron chi connectivity index (χ3n) is 4.02. The van der Waals surface area contributed by atoms with Crippen molar-refractivity contribution in [3.05, 3.63) is 84.7 Å². The Labute approximate surface area is 208 Å². The van der Waals surface area contributed by atoms with Crippen molar-refractivity contribution in [2.75, 3.05) is 6.61 Å². The number of rotatable bonds is 8. The van der Waals surface area contributed by atoms with Gasteiger partial charge in [-0.1, -0.05) is 21.1 Å². The summed E-state index contributed by atoms with van der Waals surface area (Å²) >= 11 is 10.2. The highest BCUT2D eigenvalue weighted by molar-refractivity contribution is 9.11. The maximum Gasteiger partial charge on any atom is 0.344 e. The van der Waals surface area contributed by atoms with Crippen molar-refractivity contribution < 1.29 is 29.4 Å². The number of ketones is 1. The van der Waals surface area contributed by atoms with E-state index in [9.17, 15) is 14.7 Å². The average Bonchev–Trinajstić information content (AvgIpc) is 2.75. The molecule has 7 nitrogen and oxygen atoms in total. The number of hydrogen-bond acceptors (Lipinski definition) is 6. The van der Waals surface area contributed by atoms with Crippen LogP contribution in [0.15, 0.2) is 73.2 Å². The van der Waals surface area contributed by atoms with Crippen molar-refractivity contribution in [2.45, 2.75) is 0 Å². The van der Waals surface area contributed by atoms with Gasteiger partial charge in [-0.2, -0.15) is 0 Å². The number of carboxylic acids is 1. The van der Waals surface area contributed by atoms with Crippen LogP contribution in [0.2, 0.25) is 0 Å². The summed E-state index contributed by atoms with van der Waals surface area (Å²) in [5.74, 6) is -0.847. The number of carboxylic acid groups (broad SMARTS) is 1. The topological polar surface area (TPSA) is 105 Å². The minimum absolute atomic E-state index is 0.108. The average molecular weight is 628 g/mol. The van der Waals surface area contributed by atoms with Crippen LogP contribution in [0.1, 0.15) is 21.5 Å². The Balaban J connectivity index is 1.83. The lowest BCUT2D eigenvalue weighted by molar-refractivity contribution is -0.142. The number of aliphatic carboxylic acids is 1. The van der Waals surface area contributed by atoms with Crippen LogP contribution in [0.5, 0.6) is 17.2 Å². The van der Waals surface area contributed by atoms with Crippen LogP contribution >= 0.6 is 47.8 Å². The Morgan fingerprint density at radius 1 is 0.969 bits per heavy atom. The molecule has 3 aromatic rings. The van der Waals surface area contributed by atoms with E-state index in [0.717, 1.165) is 4.47 Å². The van der Waals surface area contributed by atoms with Crippen molar-refractivity contribution in [3.63, 3.8) is 0 Å². The van der Waals surface area contributed by atoms with Gasteiger partial charge in [0.25, 0.3) is 0 Å². The van der Waals surface area contributed by atoms with Crippen LogP contribution < -0.4 is 4.74 Å². The number of carbonyl (C=O) groups is 2. The van der Waals surface area contributed by atoms with E-state index in [2.05, 4.69) is 57.8 Å². The standard InChI is InChI=1S/C22H14Br3NO6/c23-14-3-1-13(2-4-14)21(30)16-9-15(5-6-19(16)27)32-22-17(24)7-12(8-18(22)25)10-26-31-11-20(28)29/h1-10,27H,11H2,(H,28,29). The highest BCUT2D eigenvalue weighted by Gasteiger charge is 2.17. The normalized spacial score (nSPS) is 10.8. The van der Waals surface area contributed by atoms with Crippen molar-refractivity contribution in [2.24, 2.45) is 5.16 Å². The third-order valence-corrected chi connectivity index (χ3v) is 5.73. The third kappa shape index (κ3) is 6.18. The molecule has 0 amide bonds. The molecule has 0 aliphatic rings. The first-order valence-electron chi connectivity index (χ1n) is 8.92. The largest absolute Gasteiger partial charge is 0.507 e. The number of aromatic hydroxyl groups is 1. The minimum Gasteiger partial charge on any atom is -0.507 e. The first-order valence-corrected chi connectivity index (χ1v) is 11.3. The van der Waals surface area contributed by atoms with Crippen molar-refractivity contribution in [1.82, 2.24) is 0 Å². The number of carbonyl (C=O) groups excluding carboxylic acids is 1. The number of nitrogens with zero attached hydrogens (tertiary/aromatic N) is 1. The van der Waals surface area contributed by atoms with Gasteiger partial charge in [-0.25, -0.2) is 4.79 Å². The predicted molar refractivity (Wildman–Crippen MR) is 129 cm³/mol. The number of benzene rings is 3. The molecule has 0 atom stereocenters. The summed E-state index contributed by atoms with van der Waals surface area (Å²) in [6.07, 6.45) is 1.36. The molecular weight excluding hydrogens is 614 g/mol. The summed E-state index contributed by atoms with van der Waals surface area (Å²) in [5, 5.41) is 22.4. The summed E-state index contributed by atoms with van der Waals surface area (Å²) < 4.78 is 7.91. The highest BCUT2D eigenvalue weighted by Crippen LogP contribution is 2.38. The first-order chi connectivity index (χ1) is 15.2. The zero-order valence-electron chi connectivity index (χ0n) is 16.1. The van der Waals surface area contributed by atoms with E-state index in [-0.39, 0.29) is 17.1 Å². The molecule has 3 rings (SSSR count). The Morgan fingerprint density at radius 2 is 1.62 bits per heavy atom. The van der Waals surface area contributed by atoms with Crippen LogP contribution in [0.4, 0.5) is 0 Å². The molecule has 0 spiro atoms. The van der Waals surface area contributed by atoms with Gasteiger partial charge in [-0.15, -0.1) is 0 Å². The lowest BCUT2D eigenvalue weighted by atomic mass is 10.0. The molecule has 0 aliphatic carbocycles. The van der Waals surface area contributed by atoms with Crippen molar-refractivity contribution in [3.8, 4) is 17.2 Å². The van der Waals surface area contributed by atoms with Gasteiger partial charge in [0.2, 0.25) is 6.61 Å². The summed E-state index contributed by atoms with van der Waals surface area (Å²) in [6.45, 7) is -0.539. The molecule has 0 saturated heterocycles. The van der Waals surface area contributed by atoms with Gasteiger partial charge in [-0.05, 0) is 92.0 Å². The van der Waals surface area contributed by atoms with Gasteiger partial charge >= 0.3 is 5.97 Å². The molecule has 2 N–H and O–H groups in total. The van der Waals surface area contributed by atoms with E-state index in [4.69, 9.17) is 9.84 Å². The molecule has 0 fully saturated rings. The molecule has 0 aliphatic heterocycles. The monoisotopic (exact) mass is 625 g/mol. The SMILES string of the molecule is O=C(O)CON=Cc1cc(Br)c(Oc2ccc(O)c(C(=O)c3ccc(Br)cc3)c2)c(Br)c1. The van der Waals surface area contributed by atoms with Crippen LogP contribution in [0.25, 0.3) is 0 Å². The smallest absolute Gasteiger partial charge is 0.344 e. The van der Waals surface area contributed by atoms with Gasteiger partial charge in [0, 0.05) is 10.0 Å². The molecule has 0 bridgehead atoms. The van der Waals surface area contributed by atoms with Crippen molar-refractivity contribution >= 4 is 65.8 Å². The number of hydrogen-bond donors (Lipinski definition) is 2. The van der Waals surface area contributed by atoms with E-state index in [1.165, 1.54) is 18.3 Å². The van der Waals surface area contributed by atoms with Crippen LogP contribution in [-0.2, 0) is 9.63 Å². The molecule has 0 radical (unpaired) electrons. The Morgan fingerprint density at radius 3 is 2.25 bits per heavy atom. The Kier molecular flexibility index (Phi) is 8.05. The van der Waals surface area contributed by atoms with Crippen LogP contribution in [-0.4, -0.2) is 34.8 Å². The second kappa shape index (κ2) is 10.8. The molecule has 0 heterocycles. The van der Waals surface area contributed by atoms with Gasteiger partial charge in [-0.3, -0.25) is 4.79 Å². The highest BCUT2D eigenvalue weighted by atomic mass is 79.9. The van der Waals surface area contributed by atoms with E-state index in [0.29, 0.717) is 31.6 Å². The lowest BCUT2D eigenvalue weighted by Crippen LogP contribution is -2.03. The minimum atomic E-state index is -1.12. The molecule has 0 aromatic heterocycles. The lowest BCUT2D eigenvalue weighted by Gasteiger charge is -2.12. The number of phenolic OH excluding ortho intramolecular Hbond substituents is 1. The van der Waals surface area contributed by atoms with Gasteiger partial charge in [0.05, 0.1) is 20.7 Å². The maximum absolute atomic E-state index is 12.8. The molecule has 3 aromatic carbocycles. The first kappa shape index (κ1) is 24.0. The van der Waals surface area contributed by atoms with E-state index in [1.54, 1.807) is 42.5 Å². The number of halogens is 3. The van der Waals surface area contributed by atoms with Gasteiger partial charge in [0.1, 0.15) is 11.5 Å². The number of ether oxygens (including phenoxy) is 1. The van der Waals surface area contributed by atoms with E-state index < -0.39 is 12.6 Å². The molecule has 164 valence electrons. The second-order valence-electron chi connectivity index (χ2n) is 6.33.